The monoisotopic (exact) mass is 431 g/mol. The van der Waals surface area contributed by atoms with Gasteiger partial charge < -0.3 is 9.47 Å². The summed E-state index contributed by atoms with van der Waals surface area (Å²) in [6.07, 6.45) is 0. The van der Waals surface area contributed by atoms with Crippen molar-refractivity contribution in [2.24, 2.45) is 0 Å². The van der Waals surface area contributed by atoms with Gasteiger partial charge in [-0.25, -0.2) is 14.5 Å². The number of imidazole rings is 1. The van der Waals surface area contributed by atoms with Gasteiger partial charge in [0.25, 0.3) is 16.0 Å². The first kappa shape index (κ1) is 19.5. The fourth-order valence-corrected chi connectivity index (χ4v) is 3.25. The molecule has 12 nitrogen and oxygen atoms in total. The fraction of sp³-hybridized carbons (Fsp3) is 0.154. The molecule has 0 saturated heterocycles. The lowest BCUT2D eigenvalue weighted by Gasteiger charge is -2.08. The van der Waals surface area contributed by atoms with Gasteiger partial charge in [0.2, 0.25) is 22.7 Å². The molecule has 0 atom stereocenters. The van der Waals surface area contributed by atoms with Crippen LogP contribution in [0.3, 0.4) is 0 Å². The summed E-state index contributed by atoms with van der Waals surface area (Å²) >= 11 is 5.74. The van der Waals surface area contributed by atoms with Crippen LogP contribution in [0.4, 0.5) is 15.1 Å². The third-order valence-electron chi connectivity index (χ3n) is 3.17. The van der Waals surface area contributed by atoms with Crippen LogP contribution >= 0.6 is 11.6 Å². The van der Waals surface area contributed by atoms with Gasteiger partial charge in [-0.1, -0.05) is 11.6 Å². The number of rotatable bonds is 5. The molecule has 0 saturated carbocycles. The van der Waals surface area contributed by atoms with Crippen molar-refractivity contribution in [1.29, 1.82) is 0 Å². The van der Waals surface area contributed by atoms with E-state index >= 15 is 0 Å². The molecule has 3 aromatic rings. The molecular formula is C13H11ClFN7O5S. The number of nitrogens with one attached hydrogen (secondary N) is 2. The molecule has 0 aliphatic carbocycles. The number of nitrogens with zero attached hydrogens (tertiary/aromatic N) is 5. The maximum Gasteiger partial charge on any atom is 0.335 e. The minimum atomic E-state index is -4.72. The molecule has 28 heavy (non-hydrogen) atoms. The van der Waals surface area contributed by atoms with Crippen LogP contribution in [0, 0.1) is 5.95 Å². The smallest absolute Gasteiger partial charge is 0.335 e. The zero-order chi connectivity index (χ0) is 20.5. The van der Waals surface area contributed by atoms with Crippen LogP contribution in [0.25, 0.3) is 5.65 Å². The summed E-state index contributed by atoms with van der Waals surface area (Å²) in [6, 6.07) is 2.65. The lowest BCUT2D eigenvalue weighted by Crippen LogP contribution is -2.36. The van der Waals surface area contributed by atoms with E-state index < -0.39 is 27.0 Å². The summed E-state index contributed by atoms with van der Waals surface area (Å²) in [4.78, 5) is 23.0. The number of carbonyl (C=O) groups excluding carboxylic acids is 1. The van der Waals surface area contributed by atoms with Crippen LogP contribution in [0.5, 0.6) is 11.8 Å². The van der Waals surface area contributed by atoms with Gasteiger partial charge >= 0.3 is 6.03 Å². The maximum atomic E-state index is 14.1. The number of ether oxygens (including phenoxy) is 2. The number of aromatic nitrogens is 5. The highest BCUT2D eigenvalue weighted by molar-refractivity contribution is 7.90. The molecule has 3 rings (SSSR count). The first-order valence-electron chi connectivity index (χ1n) is 7.25. The first-order valence-corrected chi connectivity index (χ1v) is 9.11. The lowest BCUT2D eigenvalue weighted by molar-refractivity contribution is 0.256. The second kappa shape index (κ2) is 7.40. The van der Waals surface area contributed by atoms with Gasteiger partial charge in [0.15, 0.2) is 5.65 Å². The summed E-state index contributed by atoms with van der Waals surface area (Å²) in [5.74, 6) is -1.66. The second-order valence-electron chi connectivity index (χ2n) is 4.97. The summed E-state index contributed by atoms with van der Waals surface area (Å²) < 4.78 is 51.1. The Hall–Kier alpha value is -3.26. The Morgan fingerprint density at radius 2 is 1.89 bits per heavy atom. The Balaban J connectivity index is 1.90. The van der Waals surface area contributed by atoms with Gasteiger partial charge in [0.1, 0.15) is 5.15 Å². The van der Waals surface area contributed by atoms with Crippen molar-refractivity contribution in [2.75, 3.05) is 19.5 Å². The van der Waals surface area contributed by atoms with Gasteiger partial charge in [0.05, 0.1) is 14.2 Å². The van der Waals surface area contributed by atoms with Crippen molar-refractivity contribution >= 4 is 39.3 Å². The number of urea groups is 1. The van der Waals surface area contributed by atoms with Crippen molar-refractivity contribution in [3.63, 3.8) is 0 Å². The van der Waals surface area contributed by atoms with E-state index in [9.17, 15) is 17.6 Å². The largest absolute Gasteiger partial charge is 0.481 e. The number of fused-ring (bicyclic) bond motifs is 1. The number of halogens is 2. The van der Waals surface area contributed by atoms with Crippen LogP contribution in [0.1, 0.15) is 0 Å². The highest BCUT2D eigenvalue weighted by Crippen LogP contribution is 2.19. The van der Waals surface area contributed by atoms with E-state index in [0.29, 0.717) is 4.52 Å². The molecule has 0 unspecified atom stereocenters. The Morgan fingerprint density at radius 1 is 1.18 bits per heavy atom. The molecule has 15 heteroatoms. The molecule has 0 aliphatic heterocycles. The van der Waals surface area contributed by atoms with Crippen molar-refractivity contribution in [3.05, 3.63) is 29.3 Å². The second-order valence-corrected chi connectivity index (χ2v) is 6.95. The molecule has 0 fully saturated rings. The van der Waals surface area contributed by atoms with Gasteiger partial charge in [-0.15, -0.1) is 5.10 Å². The molecule has 0 spiro atoms. The Labute approximate surface area is 161 Å². The van der Waals surface area contributed by atoms with E-state index in [1.54, 1.807) is 4.72 Å². The summed E-state index contributed by atoms with van der Waals surface area (Å²) in [6.45, 7) is 0. The number of sulfonamides is 1. The van der Waals surface area contributed by atoms with Gasteiger partial charge in [-0.05, 0) is 6.07 Å². The predicted octanol–water partition coefficient (Wildman–Crippen LogP) is 0.839. The van der Waals surface area contributed by atoms with Crippen LogP contribution in [-0.4, -0.2) is 53.2 Å². The SMILES string of the molecule is COc1cc(Cl)nc(NC(=O)NS(=O)(=O)c2c(F)nc3ccc(OC)nn23)n1. The standard InChI is InChI=1S/C13H11ClFN7O5S/c1-26-8-4-3-7-17-10(15)11(22(7)20-8)28(24,25)21-13(23)19-12-16-6(14)5-9(18-12)27-2/h3-5H,1-2H3,(H2,16,18,19,21,23). The minimum Gasteiger partial charge on any atom is -0.481 e. The van der Waals surface area contributed by atoms with Crippen molar-refractivity contribution in [1.82, 2.24) is 29.3 Å². The Bertz CT molecular complexity index is 1170. The van der Waals surface area contributed by atoms with Crippen LogP contribution in [-0.2, 0) is 10.0 Å². The maximum absolute atomic E-state index is 14.1. The average molecular weight is 432 g/mol. The van der Waals surface area contributed by atoms with Gasteiger partial charge in [0, 0.05) is 12.1 Å². The molecule has 2 N–H and O–H groups in total. The van der Waals surface area contributed by atoms with Crippen molar-refractivity contribution < 1.29 is 27.1 Å². The number of carbonyl (C=O) groups is 1. The first-order chi connectivity index (χ1) is 13.2. The van der Waals surface area contributed by atoms with Crippen molar-refractivity contribution in [2.45, 2.75) is 5.03 Å². The average Bonchev–Trinajstić information content (AvgIpc) is 2.95. The topological polar surface area (TPSA) is 150 Å². The molecular weight excluding hydrogens is 421 g/mol. The zero-order valence-electron chi connectivity index (χ0n) is 14.2. The highest BCUT2D eigenvalue weighted by Gasteiger charge is 2.29. The molecule has 0 aromatic carbocycles. The summed E-state index contributed by atoms with van der Waals surface area (Å²) in [7, 11) is -2.12. The number of methoxy groups -OCH3 is 2. The number of hydrogen-bond donors (Lipinski definition) is 2. The van der Waals surface area contributed by atoms with Crippen LogP contribution in [0.2, 0.25) is 5.15 Å². The van der Waals surface area contributed by atoms with Crippen LogP contribution < -0.4 is 19.5 Å². The van der Waals surface area contributed by atoms with Gasteiger partial charge in [-0.2, -0.15) is 27.3 Å². The molecule has 2 amide bonds. The number of anilines is 1. The van der Waals surface area contributed by atoms with E-state index in [1.165, 1.54) is 32.4 Å². The molecule has 0 radical (unpaired) electrons. The summed E-state index contributed by atoms with van der Waals surface area (Å²) in [5.41, 5.74) is -0.109. The fourth-order valence-electron chi connectivity index (χ4n) is 2.06. The van der Waals surface area contributed by atoms with Gasteiger partial charge in [-0.3, -0.25) is 5.32 Å². The Morgan fingerprint density at radius 3 is 2.57 bits per heavy atom. The van der Waals surface area contributed by atoms with E-state index in [0.717, 1.165) is 0 Å². The zero-order valence-corrected chi connectivity index (χ0v) is 15.7. The van der Waals surface area contributed by atoms with E-state index in [-0.39, 0.29) is 28.5 Å². The molecule has 0 bridgehead atoms. The quantitative estimate of drug-likeness (QED) is 0.560. The van der Waals surface area contributed by atoms with Crippen molar-refractivity contribution in [3.8, 4) is 11.8 Å². The predicted molar refractivity (Wildman–Crippen MR) is 92.4 cm³/mol. The lowest BCUT2D eigenvalue weighted by atomic mass is 10.5. The number of hydrogen-bond acceptors (Lipinski definition) is 9. The Kier molecular flexibility index (Phi) is 5.15. The normalized spacial score (nSPS) is 11.3. The van der Waals surface area contributed by atoms with E-state index in [1.807, 2.05) is 0 Å². The van der Waals surface area contributed by atoms with E-state index in [4.69, 9.17) is 21.1 Å². The minimum absolute atomic E-state index is 0.00484. The van der Waals surface area contributed by atoms with E-state index in [2.05, 4.69) is 25.4 Å². The summed E-state index contributed by atoms with van der Waals surface area (Å²) in [5, 5.41) is 4.80. The third-order valence-corrected chi connectivity index (χ3v) is 4.67. The molecule has 3 heterocycles. The highest BCUT2D eigenvalue weighted by atomic mass is 35.5. The molecule has 3 aromatic heterocycles. The third kappa shape index (κ3) is 3.86. The molecule has 148 valence electrons. The van der Waals surface area contributed by atoms with Crippen LogP contribution in [0.15, 0.2) is 23.2 Å². The molecule has 0 aliphatic rings. The number of amides is 2.